The number of para-hydroxylation sites is 1. The Balaban J connectivity index is 2.50. The summed E-state index contributed by atoms with van der Waals surface area (Å²) in [5, 5.41) is 11.2. The normalized spacial score (nSPS) is 11.1. The number of rotatable bonds is 5. The van der Waals surface area contributed by atoms with Crippen molar-refractivity contribution in [3.05, 3.63) is 65.7 Å². The van der Waals surface area contributed by atoms with Crippen molar-refractivity contribution in [3.8, 4) is 0 Å². The van der Waals surface area contributed by atoms with E-state index in [2.05, 4.69) is 0 Å². The summed E-state index contributed by atoms with van der Waals surface area (Å²) in [6.45, 7) is 0.0595. The Morgan fingerprint density at radius 3 is 2.19 bits per heavy atom. The zero-order valence-corrected chi connectivity index (χ0v) is 12.2. The minimum atomic E-state index is -3.63. The van der Waals surface area contributed by atoms with E-state index in [4.69, 9.17) is 0 Å². The first-order chi connectivity index (χ1) is 9.89. The molecule has 2 aromatic carbocycles. The average Bonchev–Trinajstić information content (AvgIpc) is 2.44. The highest BCUT2D eigenvalue weighted by molar-refractivity contribution is 7.92. The van der Waals surface area contributed by atoms with Crippen LogP contribution in [0.25, 0.3) is 0 Å². The first-order valence-electron chi connectivity index (χ1n) is 6.21. The van der Waals surface area contributed by atoms with Crippen molar-refractivity contribution in [2.75, 3.05) is 10.6 Å². The zero-order valence-electron chi connectivity index (χ0n) is 11.4. The highest BCUT2D eigenvalue weighted by Gasteiger charge is 2.20. The molecule has 0 aliphatic rings. The second-order valence-corrected chi connectivity index (χ2v) is 6.47. The van der Waals surface area contributed by atoms with E-state index in [1.165, 1.54) is 18.2 Å². The Morgan fingerprint density at radius 2 is 1.62 bits per heavy atom. The van der Waals surface area contributed by atoms with E-state index >= 15 is 0 Å². The number of carbonyl (C=O) groups is 1. The number of benzene rings is 2. The molecular weight excluding hydrogens is 290 g/mol. The van der Waals surface area contributed by atoms with Gasteiger partial charge in [-0.25, -0.2) is 8.42 Å². The van der Waals surface area contributed by atoms with E-state index in [9.17, 15) is 18.3 Å². The Kier molecular flexibility index (Phi) is 4.28. The van der Waals surface area contributed by atoms with E-state index in [0.29, 0.717) is 0 Å². The molecule has 0 heterocycles. The molecule has 5 nitrogen and oxygen atoms in total. The molecule has 21 heavy (non-hydrogen) atoms. The molecule has 0 bridgehead atoms. The molecular formula is C15H14NO4S-. The SMILES string of the molecule is CS(=O)(=O)N(Cc1ccccc1)c1ccccc1C(=O)[O-]. The van der Waals surface area contributed by atoms with Crippen LogP contribution in [0, 0.1) is 0 Å². The van der Waals surface area contributed by atoms with E-state index in [0.717, 1.165) is 16.1 Å². The quantitative estimate of drug-likeness (QED) is 0.826. The summed E-state index contributed by atoms with van der Waals surface area (Å²) in [5.41, 5.74) is 0.707. The van der Waals surface area contributed by atoms with Gasteiger partial charge in [0.25, 0.3) is 0 Å². The summed E-state index contributed by atoms with van der Waals surface area (Å²) in [6.07, 6.45) is 1.04. The predicted octanol–water partition coefficient (Wildman–Crippen LogP) is 1.02. The molecule has 0 radical (unpaired) electrons. The van der Waals surface area contributed by atoms with Crippen molar-refractivity contribution >= 4 is 21.7 Å². The van der Waals surface area contributed by atoms with Gasteiger partial charge in [-0.1, -0.05) is 48.5 Å². The Morgan fingerprint density at radius 1 is 1.05 bits per heavy atom. The maximum Gasteiger partial charge on any atom is 0.232 e. The first-order valence-corrected chi connectivity index (χ1v) is 8.06. The van der Waals surface area contributed by atoms with Crippen molar-refractivity contribution in [2.24, 2.45) is 0 Å². The monoisotopic (exact) mass is 304 g/mol. The number of sulfonamides is 1. The lowest BCUT2D eigenvalue weighted by atomic mass is 10.1. The van der Waals surface area contributed by atoms with Gasteiger partial charge in [-0.2, -0.15) is 0 Å². The molecule has 0 aliphatic heterocycles. The molecule has 0 unspecified atom stereocenters. The molecule has 0 atom stereocenters. The van der Waals surface area contributed by atoms with Crippen LogP contribution < -0.4 is 9.41 Å². The third-order valence-electron chi connectivity index (χ3n) is 2.96. The molecule has 0 saturated heterocycles. The summed E-state index contributed by atoms with van der Waals surface area (Å²) in [7, 11) is -3.63. The van der Waals surface area contributed by atoms with Crippen molar-refractivity contribution in [2.45, 2.75) is 6.54 Å². The summed E-state index contributed by atoms with van der Waals surface area (Å²) in [6, 6.07) is 14.9. The molecule has 0 N–H and O–H groups in total. The number of carbonyl (C=O) groups excluding carboxylic acids is 1. The second-order valence-electron chi connectivity index (χ2n) is 4.56. The van der Waals surface area contributed by atoms with Crippen LogP contribution in [-0.2, 0) is 16.6 Å². The number of hydrogen-bond acceptors (Lipinski definition) is 4. The van der Waals surface area contributed by atoms with Crippen LogP contribution in [0.2, 0.25) is 0 Å². The van der Waals surface area contributed by atoms with Gasteiger partial charge >= 0.3 is 0 Å². The minimum Gasteiger partial charge on any atom is -0.545 e. The number of nitrogens with zero attached hydrogens (tertiary/aromatic N) is 1. The molecule has 0 amide bonds. The van der Waals surface area contributed by atoms with Crippen molar-refractivity contribution in [3.63, 3.8) is 0 Å². The van der Waals surface area contributed by atoms with Crippen LogP contribution in [0.5, 0.6) is 0 Å². The van der Waals surface area contributed by atoms with Gasteiger partial charge in [0.2, 0.25) is 10.0 Å². The van der Waals surface area contributed by atoms with Gasteiger partial charge in [-0.15, -0.1) is 0 Å². The van der Waals surface area contributed by atoms with Crippen molar-refractivity contribution in [1.82, 2.24) is 0 Å². The van der Waals surface area contributed by atoms with Gasteiger partial charge < -0.3 is 9.90 Å². The average molecular weight is 304 g/mol. The molecule has 0 aromatic heterocycles. The van der Waals surface area contributed by atoms with Crippen molar-refractivity contribution < 1.29 is 18.3 Å². The second kappa shape index (κ2) is 5.97. The topological polar surface area (TPSA) is 77.5 Å². The van der Waals surface area contributed by atoms with Gasteiger partial charge in [0.15, 0.2) is 0 Å². The van der Waals surface area contributed by atoms with Crippen LogP contribution in [0.1, 0.15) is 15.9 Å². The maximum absolute atomic E-state index is 12.0. The summed E-state index contributed by atoms with van der Waals surface area (Å²) >= 11 is 0. The molecule has 0 saturated carbocycles. The molecule has 110 valence electrons. The summed E-state index contributed by atoms with van der Waals surface area (Å²) in [5.74, 6) is -1.41. The van der Waals surface area contributed by atoms with Gasteiger partial charge in [0.05, 0.1) is 24.5 Å². The lowest BCUT2D eigenvalue weighted by Crippen LogP contribution is -2.33. The largest absolute Gasteiger partial charge is 0.545 e. The summed E-state index contributed by atoms with van der Waals surface area (Å²) < 4.78 is 25.1. The molecule has 6 heteroatoms. The van der Waals surface area contributed by atoms with Crippen molar-refractivity contribution in [1.29, 1.82) is 0 Å². The molecule has 0 spiro atoms. The van der Waals surface area contributed by atoms with Gasteiger partial charge in [0.1, 0.15) is 0 Å². The fourth-order valence-corrected chi connectivity index (χ4v) is 2.89. The van der Waals surface area contributed by atoms with Gasteiger partial charge in [-0.05, 0) is 11.6 Å². The van der Waals surface area contributed by atoms with Crippen LogP contribution in [0.4, 0.5) is 5.69 Å². The number of carboxylic acid groups (broad SMARTS) is 1. The number of carboxylic acids is 1. The van der Waals surface area contributed by atoms with Gasteiger partial charge in [-0.3, -0.25) is 4.31 Å². The first kappa shape index (κ1) is 15.1. The maximum atomic E-state index is 12.0. The lowest BCUT2D eigenvalue weighted by Gasteiger charge is -2.25. The predicted molar refractivity (Wildman–Crippen MR) is 78.2 cm³/mol. The number of aromatic carboxylic acids is 1. The Labute approximate surface area is 123 Å². The number of anilines is 1. The third kappa shape index (κ3) is 3.61. The fourth-order valence-electron chi connectivity index (χ4n) is 1.99. The van der Waals surface area contributed by atoms with Crippen LogP contribution in [0.3, 0.4) is 0 Å². The number of hydrogen-bond donors (Lipinski definition) is 0. The van der Waals surface area contributed by atoms with Crippen LogP contribution >= 0.6 is 0 Å². The fraction of sp³-hybridized carbons (Fsp3) is 0.133. The third-order valence-corrected chi connectivity index (χ3v) is 4.09. The molecule has 2 rings (SSSR count). The smallest absolute Gasteiger partial charge is 0.232 e. The molecule has 2 aromatic rings. The van der Waals surface area contributed by atoms with E-state index in [1.54, 1.807) is 30.3 Å². The Bertz CT molecular complexity index is 741. The summed E-state index contributed by atoms with van der Waals surface area (Å²) in [4.78, 5) is 11.2. The van der Waals surface area contributed by atoms with Crippen LogP contribution in [0.15, 0.2) is 54.6 Å². The van der Waals surface area contributed by atoms with Gasteiger partial charge in [0, 0.05) is 5.56 Å². The molecule has 0 fully saturated rings. The molecule has 0 aliphatic carbocycles. The van der Waals surface area contributed by atoms with E-state index < -0.39 is 16.0 Å². The zero-order chi connectivity index (χ0) is 15.5. The van der Waals surface area contributed by atoms with Crippen LogP contribution in [-0.4, -0.2) is 20.6 Å². The highest BCUT2D eigenvalue weighted by Crippen LogP contribution is 2.24. The lowest BCUT2D eigenvalue weighted by molar-refractivity contribution is -0.254. The highest BCUT2D eigenvalue weighted by atomic mass is 32.2. The minimum absolute atomic E-state index is 0.0595. The van der Waals surface area contributed by atoms with E-state index in [1.807, 2.05) is 6.07 Å². The van der Waals surface area contributed by atoms with E-state index in [-0.39, 0.29) is 17.8 Å². The standard InChI is InChI=1S/C15H15NO4S/c1-21(19,20)16(11-12-7-3-2-4-8-12)14-10-6-5-9-13(14)15(17)18/h2-10H,11H2,1H3,(H,17,18)/p-1. The Hall–Kier alpha value is -2.34.